The summed E-state index contributed by atoms with van der Waals surface area (Å²) in [4.78, 5) is 43.2. The van der Waals surface area contributed by atoms with Crippen LogP contribution in [0.25, 0.3) is 0 Å². The molecular weight excluding hydrogens is 507 g/mol. The standard InChI is InChI=1S/C24H27IN2O4/c1-5-31-21(28)13-16(4)27-22(17-9-7-6-8-10-17)24(30)26(15(2)3)20-12-11-18(25)14-19(20)23(27)29/h6-12,14-16,22H,5,13H2,1-4H3. The Morgan fingerprint density at radius 1 is 1.10 bits per heavy atom. The molecule has 6 nitrogen and oxygen atoms in total. The van der Waals surface area contributed by atoms with E-state index in [1.54, 1.807) is 29.7 Å². The second kappa shape index (κ2) is 9.80. The summed E-state index contributed by atoms with van der Waals surface area (Å²) in [6.45, 7) is 7.67. The lowest BCUT2D eigenvalue weighted by atomic mass is 10.0. The number of rotatable bonds is 6. The molecular formula is C24H27IN2O4. The van der Waals surface area contributed by atoms with Crippen molar-refractivity contribution in [2.75, 3.05) is 11.5 Å². The molecule has 2 aromatic carbocycles. The minimum Gasteiger partial charge on any atom is -0.466 e. The number of anilines is 1. The predicted octanol–water partition coefficient (Wildman–Crippen LogP) is 4.57. The second-order valence-electron chi connectivity index (χ2n) is 7.85. The molecule has 2 unspecified atom stereocenters. The van der Waals surface area contributed by atoms with Crippen LogP contribution in [0.4, 0.5) is 5.69 Å². The molecule has 7 heteroatoms. The summed E-state index contributed by atoms with van der Waals surface area (Å²) in [5.74, 6) is -0.851. The number of benzene rings is 2. The lowest BCUT2D eigenvalue weighted by molar-refractivity contribution is -0.144. The van der Waals surface area contributed by atoms with Gasteiger partial charge in [-0.1, -0.05) is 30.3 Å². The third kappa shape index (κ3) is 4.76. The van der Waals surface area contributed by atoms with Crippen LogP contribution in [-0.2, 0) is 14.3 Å². The van der Waals surface area contributed by atoms with Crippen LogP contribution < -0.4 is 4.90 Å². The first-order chi connectivity index (χ1) is 14.8. The van der Waals surface area contributed by atoms with Crippen molar-refractivity contribution in [3.63, 3.8) is 0 Å². The summed E-state index contributed by atoms with van der Waals surface area (Å²) < 4.78 is 6.01. The number of amides is 2. The topological polar surface area (TPSA) is 66.9 Å². The molecule has 1 heterocycles. The van der Waals surface area contributed by atoms with Gasteiger partial charge in [0.25, 0.3) is 11.8 Å². The van der Waals surface area contributed by atoms with Crippen LogP contribution in [-0.4, -0.2) is 41.4 Å². The highest BCUT2D eigenvalue weighted by Gasteiger charge is 2.43. The smallest absolute Gasteiger partial charge is 0.307 e. The van der Waals surface area contributed by atoms with Gasteiger partial charge in [-0.2, -0.15) is 0 Å². The maximum absolute atomic E-state index is 13.9. The molecule has 1 aliphatic heterocycles. The lowest BCUT2D eigenvalue weighted by Crippen LogP contribution is -2.48. The monoisotopic (exact) mass is 534 g/mol. The van der Waals surface area contributed by atoms with Gasteiger partial charge in [-0.15, -0.1) is 0 Å². The first-order valence-electron chi connectivity index (χ1n) is 10.4. The molecule has 0 N–H and O–H groups in total. The Morgan fingerprint density at radius 3 is 2.39 bits per heavy atom. The first-order valence-corrected chi connectivity index (χ1v) is 11.5. The van der Waals surface area contributed by atoms with Gasteiger partial charge < -0.3 is 14.5 Å². The fourth-order valence-corrected chi connectivity index (χ4v) is 4.49. The van der Waals surface area contributed by atoms with Gasteiger partial charge in [-0.3, -0.25) is 14.4 Å². The van der Waals surface area contributed by atoms with E-state index in [0.29, 0.717) is 16.8 Å². The third-order valence-corrected chi connectivity index (χ3v) is 5.98. The molecule has 2 aromatic rings. The maximum atomic E-state index is 13.9. The Balaban J connectivity index is 2.20. The van der Waals surface area contributed by atoms with Gasteiger partial charge in [0.2, 0.25) is 0 Å². The maximum Gasteiger partial charge on any atom is 0.307 e. The summed E-state index contributed by atoms with van der Waals surface area (Å²) in [5.41, 5.74) is 1.77. The van der Waals surface area contributed by atoms with Crippen molar-refractivity contribution in [1.29, 1.82) is 0 Å². The number of hydrogen-bond donors (Lipinski definition) is 0. The van der Waals surface area contributed by atoms with E-state index >= 15 is 0 Å². The van der Waals surface area contributed by atoms with Gasteiger partial charge in [-0.25, -0.2) is 0 Å². The van der Waals surface area contributed by atoms with Gasteiger partial charge >= 0.3 is 5.97 Å². The Kier molecular flexibility index (Phi) is 7.35. The third-order valence-electron chi connectivity index (χ3n) is 5.31. The van der Waals surface area contributed by atoms with Gasteiger partial charge in [0, 0.05) is 15.7 Å². The minimum atomic E-state index is -0.842. The average Bonchev–Trinajstić information content (AvgIpc) is 2.81. The molecule has 3 rings (SSSR count). The summed E-state index contributed by atoms with van der Waals surface area (Å²) in [5, 5.41) is 0. The quantitative estimate of drug-likeness (QED) is 0.403. The number of hydrogen-bond acceptors (Lipinski definition) is 4. The molecule has 0 fully saturated rings. The lowest BCUT2D eigenvalue weighted by Gasteiger charge is -2.36. The zero-order chi connectivity index (χ0) is 22.7. The number of ether oxygens (including phenoxy) is 1. The van der Waals surface area contributed by atoms with Crippen molar-refractivity contribution in [3.05, 3.63) is 63.2 Å². The molecule has 0 radical (unpaired) electrons. The first kappa shape index (κ1) is 23.2. The van der Waals surface area contributed by atoms with Crippen LogP contribution in [0.1, 0.15) is 56.1 Å². The zero-order valence-corrected chi connectivity index (χ0v) is 20.3. The van der Waals surface area contributed by atoms with Gasteiger partial charge in [-0.05, 0) is 74.0 Å². The van der Waals surface area contributed by atoms with E-state index in [1.807, 2.05) is 56.3 Å². The summed E-state index contributed by atoms with van der Waals surface area (Å²) in [7, 11) is 0. The van der Waals surface area contributed by atoms with E-state index in [-0.39, 0.29) is 30.9 Å². The number of carbonyl (C=O) groups is 3. The highest BCUT2D eigenvalue weighted by molar-refractivity contribution is 14.1. The van der Waals surface area contributed by atoms with Gasteiger partial charge in [0.05, 0.1) is 24.3 Å². The zero-order valence-electron chi connectivity index (χ0n) is 18.2. The van der Waals surface area contributed by atoms with E-state index in [2.05, 4.69) is 22.6 Å². The molecule has 0 saturated heterocycles. The molecule has 1 aliphatic rings. The Bertz CT molecular complexity index is 977. The highest BCUT2D eigenvalue weighted by Crippen LogP contribution is 2.38. The largest absolute Gasteiger partial charge is 0.466 e. The van der Waals surface area contributed by atoms with E-state index in [4.69, 9.17) is 4.74 Å². The summed E-state index contributed by atoms with van der Waals surface area (Å²) >= 11 is 2.16. The number of carbonyl (C=O) groups excluding carboxylic acids is 3. The van der Waals surface area contributed by atoms with Gasteiger partial charge in [0.1, 0.15) is 6.04 Å². The Labute approximate surface area is 196 Å². The molecule has 2 amide bonds. The summed E-state index contributed by atoms with van der Waals surface area (Å²) in [6, 6.07) is 13.3. The number of fused-ring (bicyclic) bond motifs is 1. The van der Waals surface area contributed by atoms with Crippen LogP contribution in [0.2, 0.25) is 0 Å². The molecule has 31 heavy (non-hydrogen) atoms. The highest BCUT2D eigenvalue weighted by atomic mass is 127. The molecule has 0 aliphatic carbocycles. The van der Waals surface area contributed by atoms with Crippen LogP contribution >= 0.6 is 22.6 Å². The van der Waals surface area contributed by atoms with Crippen molar-refractivity contribution in [2.24, 2.45) is 0 Å². The van der Waals surface area contributed by atoms with Crippen molar-refractivity contribution in [3.8, 4) is 0 Å². The number of esters is 1. The van der Waals surface area contributed by atoms with E-state index in [9.17, 15) is 14.4 Å². The van der Waals surface area contributed by atoms with E-state index < -0.39 is 18.1 Å². The van der Waals surface area contributed by atoms with Crippen molar-refractivity contribution in [2.45, 2.75) is 52.2 Å². The predicted molar refractivity (Wildman–Crippen MR) is 128 cm³/mol. The molecule has 0 aromatic heterocycles. The number of halogens is 1. The molecule has 0 bridgehead atoms. The van der Waals surface area contributed by atoms with E-state index in [0.717, 1.165) is 3.57 Å². The molecule has 0 saturated carbocycles. The minimum absolute atomic E-state index is 0.0110. The Hall–Kier alpha value is -2.42. The van der Waals surface area contributed by atoms with Crippen LogP contribution in [0.3, 0.4) is 0 Å². The van der Waals surface area contributed by atoms with Crippen LogP contribution in [0.5, 0.6) is 0 Å². The average molecular weight is 534 g/mol. The van der Waals surface area contributed by atoms with Crippen LogP contribution in [0.15, 0.2) is 48.5 Å². The molecule has 2 atom stereocenters. The fraction of sp³-hybridized carbons (Fsp3) is 0.375. The Morgan fingerprint density at radius 2 is 1.77 bits per heavy atom. The fourth-order valence-electron chi connectivity index (χ4n) is 4.00. The van der Waals surface area contributed by atoms with Crippen molar-refractivity contribution < 1.29 is 19.1 Å². The SMILES string of the molecule is CCOC(=O)CC(C)N1C(=O)c2cc(I)ccc2N(C(C)C)C(=O)C1c1ccccc1. The molecule has 0 spiro atoms. The second-order valence-corrected chi connectivity index (χ2v) is 9.09. The van der Waals surface area contributed by atoms with E-state index in [1.165, 1.54) is 0 Å². The van der Waals surface area contributed by atoms with Crippen molar-refractivity contribution in [1.82, 2.24) is 4.90 Å². The number of nitrogens with zero attached hydrogens (tertiary/aromatic N) is 2. The summed E-state index contributed by atoms with van der Waals surface area (Å²) in [6.07, 6.45) is 0.0110. The molecule has 164 valence electrons. The van der Waals surface area contributed by atoms with Gasteiger partial charge in [0.15, 0.2) is 0 Å². The van der Waals surface area contributed by atoms with Crippen molar-refractivity contribution >= 4 is 46.1 Å². The normalized spacial score (nSPS) is 17.4. The van der Waals surface area contributed by atoms with Crippen LogP contribution in [0, 0.1) is 3.57 Å².